The molecule has 2 aromatic rings. The first-order valence-corrected chi connectivity index (χ1v) is 7.63. The Hall–Kier alpha value is -2.74. The van der Waals surface area contributed by atoms with Gasteiger partial charge in [0.25, 0.3) is 5.56 Å². The van der Waals surface area contributed by atoms with E-state index in [0.29, 0.717) is 37.2 Å². The number of hydrogen-bond donors (Lipinski definition) is 2. The average molecular weight is 331 g/mol. The number of rotatable bonds is 7. The number of aromatic amines is 1. The number of aryl methyl sites for hydroxylation is 1. The molecule has 2 aromatic heterocycles. The molecule has 128 valence electrons. The number of anilines is 1. The Morgan fingerprint density at radius 1 is 1.38 bits per heavy atom. The summed E-state index contributed by atoms with van der Waals surface area (Å²) in [6.45, 7) is 4.06. The molecular formula is C16H21N5O3. The molecule has 0 aliphatic heterocycles. The van der Waals surface area contributed by atoms with Crippen molar-refractivity contribution in [2.24, 2.45) is 0 Å². The van der Waals surface area contributed by atoms with Crippen LogP contribution in [0.15, 0.2) is 29.3 Å². The Kier molecular flexibility index (Phi) is 6.02. The lowest BCUT2D eigenvalue weighted by Gasteiger charge is -2.20. The normalized spacial score (nSPS) is 10.8. The standard InChI is InChI=1S/C16H21N5O3/c1-11-14(15(23)20-16(17)19-11)4-3-9-21(24-12(2)22)10-13-5-7-18-8-6-13/h5-8H,3-4,9-10H2,1-2H3,(H3,17,19,20,23). The second-order valence-corrected chi connectivity index (χ2v) is 5.42. The molecule has 0 unspecified atom stereocenters. The summed E-state index contributed by atoms with van der Waals surface area (Å²) in [6, 6.07) is 3.71. The van der Waals surface area contributed by atoms with Crippen LogP contribution in [0.5, 0.6) is 0 Å². The molecule has 8 nitrogen and oxygen atoms in total. The molecule has 0 saturated carbocycles. The van der Waals surface area contributed by atoms with Crippen LogP contribution in [-0.2, 0) is 22.6 Å². The van der Waals surface area contributed by atoms with Crippen LogP contribution in [0.25, 0.3) is 0 Å². The molecule has 0 aliphatic rings. The largest absolute Gasteiger partial charge is 0.369 e. The Labute approximate surface area is 139 Å². The van der Waals surface area contributed by atoms with E-state index in [4.69, 9.17) is 10.6 Å². The first-order chi connectivity index (χ1) is 11.5. The summed E-state index contributed by atoms with van der Waals surface area (Å²) >= 11 is 0. The van der Waals surface area contributed by atoms with Gasteiger partial charge >= 0.3 is 5.97 Å². The number of H-pyrrole nitrogens is 1. The topological polar surface area (TPSA) is 114 Å². The maximum absolute atomic E-state index is 11.9. The second-order valence-electron chi connectivity index (χ2n) is 5.42. The lowest BCUT2D eigenvalue weighted by Crippen LogP contribution is -2.28. The summed E-state index contributed by atoms with van der Waals surface area (Å²) in [7, 11) is 0. The lowest BCUT2D eigenvalue weighted by atomic mass is 10.1. The van der Waals surface area contributed by atoms with Gasteiger partial charge in [-0.05, 0) is 37.5 Å². The number of nitrogen functional groups attached to an aromatic ring is 1. The SMILES string of the molecule is CC(=O)ON(CCCc1c(C)nc(N)[nH]c1=O)Cc1ccncc1. The quantitative estimate of drug-likeness (QED) is 0.726. The molecule has 24 heavy (non-hydrogen) atoms. The highest BCUT2D eigenvalue weighted by Gasteiger charge is 2.12. The van der Waals surface area contributed by atoms with Crippen LogP contribution in [0.3, 0.4) is 0 Å². The third-order valence-electron chi connectivity index (χ3n) is 3.44. The van der Waals surface area contributed by atoms with Gasteiger partial charge in [0.2, 0.25) is 5.95 Å². The van der Waals surface area contributed by atoms with Crippen molar-refractivity contribution in [1.29, 1.82) is 0 Å². The van der Waals surface area contributed by atoms with E-state index in [1.54, 1.807) is 24.4 Å². The van der Waals surface area contributed by atoms with Crippen molar-refractivity contribution in [2.45, 2.75) is 33.2 Å². The van der Waals surface area contributed by atoms with Gasteiger partial charge in [-0.25, -0.2) is 4.98 Å². The first kappa shape index (κ1) is 17.6. The Bertz CT molecular complexity index is 745. The summed E-state index contributed by atoms with van der Waals surface area (Å²) in [5.74, 6) is -0.271. The van der Waals surface area contributed by atoms with E-state index in [0.717, 1.165) is 5.56 Å². The molecule has 0 spiro atoms. The van der Waals surface area contributed by atoms with E-state index in [1.807, 2.05) is 12.1 Å². The Morgan fingerprint density at radius 3 is 2.71 bits per heavy atom. The van der Waals surface area contributed by atoms with Crippen LogP contribution in [0.2, 0.25) is 0 Å². The molecule has 0 fully saturated rings. The number of aromatic nitrogens is 3. The highest BCUT2D eigenvalue weighted by molar-refractivity contribution is 5.65. The highest BCUT2D eigenvalue weighted by atomic mass is 16.7. The number of nitrogens with one attached hydrogen (secondary N) is 1. The van der Waals surface area contributed by atoms with E-state index in [2.05, 4.69) is 15.0 Å². The van der Waals surface area contributed by atoms with Crippen molar-refractivity contribution in [3.8, 4) is 0 Å². The third kappa shape index (κ3) is 5.17. The van der Waals surface area contributed by atoms with Crippen LogP contribution in [-0.4, -0.2) is 32.5 Å². The molecular weight excluding hydrogens is 310 g/mol. The van der Waals surface area contributed by atoms with Crippen LogP contribution < -0.4 is 11.3 Å². The number of nitrogens with two attached hydrogens (primary N) is 1. The molecule has 0 radical (unpaired) electrons. The number of hydroxylamine groups is 2. The maximum atomic E-state index is 11.9. The molecule has 2 heterocycles. The van der Waals surface area contributed by atoms with Gasteiger partial charge in [0.05, 0.1) is 6.54 Å². The van der Waals surface area contributed by atoms with E-state index in [9.17, 15) is 9.59 Å². The fourth-order valence-corrected chi connectivity index (χ4v) is 2.39. The monoisotopic (exact) mass is 331 g/mol. The zero-order chi connectivity index (χ0) is 17.5. The molecule has 8 heteroatoms. The maximum Gasteiger partial charge on any atom is 0.322 e. The molecule has 0 atom stereocenters. The summed E-state index contributed by atoms with van der Waals surface area (Å²) in [5.41, 5.74) is 7.47. The van der Waals surface area contributed by atoms with Gasteiger partial charge in [-0.15, -0.1) is 5.06 Å². The van der Waals surface area contributed by atoms with Gasteiger partial charge in [-0.2, -0.15) is 0 Å². The minimum absolute atomic E-state index is 0.112. The van der Waals surface area contributed by atoms with Crippen LogP contribution in [0, 0.1) is 6.92 Å². The van der Waals surface area contributed by atoms with Crippen molar-refractivity contribution >= 4 is 11.9 Å². The van der Waals surface area contributed by atoms with Gasteiger partial charge < -0.3 is 10.6 Å². The molecule has 0 amide bonds. The number of nitrogens with zero attached hydrogens (tertiary/aromatic N) is 3. The average Bonchev–Trinajstić information content (AvgIpc) is 2.50. The predicted octanol–water partition coefficient (Wildman–Crippen LogP) is 0.968. The van der Waals surface area contributed by atoms with Gasteiger partial charge in [0, 0.05) is 37.1 Å². The fourth-order valence-electron chi connectivity index (χ4n) is 2.39. The molecule has 3 N–H and O–H groups in total. The molecule has 0 aliphatic carbocycles. The smallest absolute Gasteiger partial charge is 0.322 e. The highest BCUT2D eigenvalue weighted by Crippen LogP contribution is 2.08. The molecule has 2 rings (SSSR count). The lowest BCUT2D eigenvalue weighted by molar-refractivity contribution is -0.191. The number of hydrogen-bond acceptors (Lipinski definition) is 7. The van der Waals surface area contributed by atoms with Crippen LogP contribution in [0.4, 0.5) is 5.95 Å². The molecule has 0 bridgehead atoms. The summed E-state index contributed by atoms with van der Waals surface area (Å²) in [4.78, 5) is 38.9. The van der Waals surface area contributed by atoms with Gasteiger partial charge in [0.15, 0.2) is 0 Å². The Balaban J connectivity index is 1.98. The van der Waals surface area contributed by atoms with Gasteiger partial charge in [-0.1, -0.05) is 0 Å². The van der Waals surface area contributed by atoms with Crippen molar-refractivity contribution < 1.29 is 9.63 Å². The molecule has 0 aromatic carbocycles. The summed E-state index contributed by atoms with van der Waals surface area (Å²) in [6.07, 6.45) is 4.52. The fraction of sp³-hybridized carbons (Fsp3) is 0.375. The third-order valence-corrected chi connectivity index (χ3v) is 3.44. The number of carbonyl (C=O) groups excluding carboxylic acids is 1. The van der Waals surface area contributed by atoms with E-state index in [1.165, 1.54) is 6.92 Å². The first-order valence-electron chi connectivity index (χ1n) is 7.63. The van der Waals surface area contributed by atoms with Crippen molar-refractivity contribution in [1.82, 2.24) is 20.0 Å². The van der Waals surface area contributed by atoms with E-state index in [-0.39, 0.29) is 17.5 Å². The van der Waals surface area contributed by atoms with Crippen molar-refractivity contribution in [2.75, 3.05) is 12.3 Å². The van der Waals surface area contributed by atoms with Crippen molar-refractivity contribution in [3.05, 3.63) is 51.7 Å². The zero-order valence-corrected chi connectivity index (χ0v) is 13.8. The van der Waals surface area contributed by atoms with Crippen molar-refractivity contribution in [3.63, 3.8) is 0 Å². The summed E-state index contributed by atoms with van der Waals surface area (Å²) in [5, 5.41) is 1.58. The number of pyridine rings is 1. The summed E-state index contributed by atoms with van der Waals surface area (Å²) < 4.78 is 0. The van der Waals surface area contributed by atoms with Gasteiger partial charge in [0.1, 0.15) is 0 Å². The Morgan fingerprint density at radius 2 is 2.08 bits per heavy atom. The number of carbonyl (C=O) groups is 1. The van der Waals surface area contributed by atoms with E-state index >= 15 is 0 Å². The zero-order valence-electron chi connectivity index (χ0n) is 13.8. The van der Waals surface area contributed by atoms with Crippen LogP contribution >= 0.6 is 0 Å². The molecule has 0 saturated heterocycles. The minimum atomic E-state index is -0.382. The van der Waals surface area contributed by atoms with E-state index < -0.39 is 0 Å². The van der Waals surface area contributed by atoms with Crippen LogP contribution in [0.1, 0.15) is 30.2 Å². The predicted molar refractivity (Wildman–Crippen MR) is 88.7 cm³/mol. The minimum Gasteiger partial charge on any atom is -0.369 e. The second kappa shape index (κ2) is 8.21. The van der Waals surface area contributed by atoms with Gasteiger partial charge in [-0.3, -0.25) is 19.6 Å².